The normalized spacial score (nSPS) is 21.4. The summed E-state index contributed by atoms with van der Waals surface area (Å²) in [6.45, 7) is 0. The lowest BCUT2D eigenvalue weighted by Gasteiger charge is -2.31. The first-order chi connectivity index (χ1) is 9.75. The zero-order chi connectivity index (χ0) is 13.7. The molecule has 7 heteroatoms. The van der Waals surface area contributed by atoms with Crippen molar-refractivity contribution in [2.24, 2.45) is 7.05 Å². The van der Waals surface area contributed by atoms with Crippen LogP contribution in [0.3, 0.4) is 0 Å². The molecule has 1 unspecified atom stereocenters. The van der Waals surface area contributed by atoms with Gasteiger partial charge in [-0.25, -0.2) is 4.68 Å². The van der Waals surface area contributed by atoms with E-state index in [1.165, 1.54) is 6.33 Å². The van der Waals surface area contributed by atoms with Crippen LogP contribution in [0.2, 0.25) is 0 Å². The van der Waals surface area contributed by atoms with E-state index in [0.717, 1.165) is 29.8 Å². The Morgan fingerprint density at radius 3 is 3.05 bits per heavy atom. The molecule has 0 amide bonds. The van der Waals surface area contributed by atoms with Gasteiger partial charge in [-0.15, -0.1) is 0 Å². The third-order valence-electron chi connectivity index (χ3n) is 3.95. The summed E-state index contributed by atoms with van der Waals surface area (Å²) in [5.41, 5.74) is 2.73. The van der Waals surface area contributed by atoms with E-state index in [1.54, 1.807) is 15.6 Å². The highest BCUT2D eigenvalue weighted by molar-refractivity contribution is 5.99. The number of ketones is 1. The molecule has 3 heterocycles. The van der Waals surface area contributed by atoms with Crippen molar-refractivity contribution in [3.63, 3.8) is 0 Å². The van der Waals surface area contributed by atoms with Gasteiger partial charge in [-0.05, 0) is 18.9 Å². The fourth-order valence-corrected chi connectivity index (χ4v) is 3.02. The van der Waals surface area contributed by atoms with Crippen molar-refractivity contribution in [1.29, 1.82) is 0 Å². The van der Waals surface area contributed by atoms with Crippen molar-refractivity contribution < 1.29 is 4.79 Å². The SMILES string of the molecule is Cn1nccc1C1C2=C(CCCC2=O)Nc2ncnn21. The van der Waals surface area contributed by atoms with Gasteiger partial charge in [0.05, 0.1) is 5.69 Å². The van der Waals surface area contributed by atoms with Crippen LogP contribution in [0, 0.1) is 0 Å². The molecule has 102 valence electrons. The van der Waals surface area contributed by atoms with E-state index in [2.05, 4.69) is 20.5 Å². The van der Waals surface area contributed by atoms with Crippen LogP contribution in [-0.4, -0.2) is 30.3 Å². The largest absolute Gasteiger partial charge is 0.328 e. The van der Waals surface area contributed by atoms with Gasteiger partial charge in [0.2, 0.25) is 5.95 Å². The molecule has 2 aliphatic rings. The number of allylic oxidation sites excluding steroid dienone is 2. The van der Waals surface area contributed by atoms with Crippen molar-refractivity contribution in [3.05, 3.63) is 35.6 Å². The van der Waals surface area contributed by atoms with Crippen molar-refractivity contribution >= 4 is 11.7 Å². The van der Waals surface area contributed by atoms with Crippen LogP contribution in [0.5, 0.6) is 0 Å². The Kier molecular flexibility index (Phi) is 2.29. The lowest BCUT2D eigenvalue weighted by molar-refractivity contribution is -0.116. The van der Waals surface area contributed by atoms with Crippen molar-refractivity contribution in [1.82, 2.24) is 24.5 Å². The number of fused-ring (bicyclic) bond motifs is 1. The molecule has 2 aromatic rings. The van der Waals surface area contributed by atoms with Crippen LogP contribution in [0.1, 0.15) is 31.0 Å². The lowest BCUT2D eigenvalue weighted by Crippen LogP contribution is -2.32. The second-order valence-corrected chi connectivity index (χ2v) is 5.10. The van der Waals surface area contributed by atoms with E-state index >= 15 is 0 Å². The second kappa shape index (κ2) is 4.03. The number of hydrogen-bond acceptors (Lipinski definition) is 5. The number of carbonyl (C=O) groups is 1. The summed E-state index contributed by atoms with van der Waals surface area (Å²) in [6, 6.07) is 1.69. The van der Waals surface area contributed by atoms with Gasteiger partial charge in [0, 0.05) is 30.9 Å². The van der Waals surface area contributed by atoms with Crippen LogP contribution in [0.25, 0.3) is 0 Å². The molecule has 0 spiro atoms. The minimum atomic E-state index is -0.232. The predicted octanol–water partition coefficient (Wildman–Crippen LogP) is 1.03. The second-order valence-electron chi connectivity index (χ2n) is 5.10. The van der Waals surface area contributed by atoms with Crippen molar-refractivity contribution in [2.75, 3.05) is 5.32 Å². The van der Waals surface area contributed by atoms with Gasteiger partial charge in [-0.3, -0.25) is 9.48 Å². The zero-order valence-electron chi connectivity index (χ0n) is 11.1. The number of carbonyl (C=O) groups excluding carboxylic acids is 1. The lowest BCUT2D eigenvalue weighted by atomic mass is 9.87. The molecule has 0 radical (unpaired) electrons. The van der Waals surface area contributed by atoms with E-state index in [9.17, 15) is 4.79 Å². The summed E-state index contributed by atoms with van der Waals surface area (Å²) in [7, 11) is 1.88. The first-order valence-corrected chi connectivity index (χ1v) is 6.66. The van der Waals surface area contributed by atoms with Gasteiger partial charge >= 0.3 is 0 Å². The molecule has 0 aromatic carbocycles. The molecule has 0 fully saturated rings. The Hall–Kier alpha value is -2.44. The predicted molar refractivity (Wildman–Crippen MR) is 70.9 cm³/mol. The number of rotatable bonds is 1. The number of nitrogens with one attached hydrogen (secondary N) is 1. The van der Waals surface area contributed by atoms with Crippen LogP contribution >= 0.6 is 0 Å². The Bertz CT molecular complexity index is 725. The maximum absolute atomic E-state index is 12.4. The fourth-order valence-electron chi connectivity index (χ4n) is 3.02. The van der Waals surface area contributed by atoms with Crippen LogP contribution < -0.4 is 5.32 Å². The van der Waals surface area contributed by atoms with Gasteiger partial charge in [0.15, 0.2) is 5.78 Å². The van der Waals surface area contributed by atoms with E-state index < -0.39 is 0 Å². The molecule has 1 aliphatic carbocycles. The maximum Gasteiger partial charge on any atom is 0.226 e. The first-order valence-electron chi connectivity index (χ1n) is 6.66. The van der Waals surface area contributed by atoms with Crippen LogP contribution in [-0.2, 0) is 11.8 Å². The quantitative estimate of drug-likeness (QED) is 0.837. The molecule has 0 saturated heterocycles. The van der Waals surface area contributed by atoms with Gasteiger partial charge < -0.3 is 5.32 Å². The van der Waals surface area contributed by atoms with Crippen molar-refractivity contribution in [3.8, 4) is 0 Å². The molecular weight excluding hydrogens is 256 g/mol. The smallest absolute Gasteiger partial charge is 0.226 e. The molecule has 0 bridgehead atoms. The Labute approximate surface area is 115 Å². The zero-order valence-corrected chi connectivity index (χ0v) is 11.1. The summed E-state index contributed by atoms with van der Waals surface area (Å²) in [5.74, 6) is 0.871. The highest BCUT2D eigenvalue weighted by atomic mass is 16.1. The minimum absolute atomic E-state index is 0.186. The van der Waals surface area contributed by atoms with E-state index in [0.29, 0.717) is 12.4 Å². The highest BCUT2D eigenvalue weighted by Crippen LogP contribution is 2.39. The number of aromatic nitrogens is 5. The maximum atomic E-state index is 12.4. The van der Waals surface area contributed by atoms with Gasteiger partial charge in [0.1, 0.15) is 12.4 Å². The highest BCUT2D eigenvalue weighted by Gasteiger charge is 2.37. The topological polar surface area (TPSA) is 77.6 Å². The number of anilines is 1. The third kappa shape index (κ3) is 1.46. The molecule has 1 aliphatic heterocycles. The minimum Gasteiger partial charge on any atom is -0.328 e. The first kappa shape index (κ1) is 11.4. The number of hydrogen-bond donors (Lipinski definition) is 1. The molecule has 7 nitrogen and oxygen atoms in total. The standard InChI is InChI=1S/C13H14N6O/c1-18-9(5-6-15-18)12-11-8(3-2-4-10(11)20)17-13-14-7-16-19(12)13/h5-7,12H,2-4H2,1H3,(H,14,16,17). The summed E-state index contributed by atoms with van der Waals surface area (Å²) in [6.07, 6.45) is 5.61. The monoisotopic (exact) mass is 270 g/mol. The van der Waals surface area contributed by atoms with E-state index in [-0.39, 0.29) is 11.8 Å². The molecule has 20 heavy (non-hydrogen) atoms. The number of nitrogens with zero attached hydrogens (tertiary/aromatic N) is 5. The summed E-state index contributed by atoms with van der Waals surface area (Å²) >= 11 is 0. The van der Waals surface area contributed by atoms with Gasteiger partial charge in [-0.2, -0.15) is 15.2 Å². The van der Waals surface area contributed by atoms with Crippen molar-refractivity contribution in [2.45, 2.75) is 25.3 Å². The summed E-state index contributed by atoms with van der Waals surface area (Å²) < 4.78 is 3.55. The van der Waals surface area contributed by atoms with Crippen LogP contribution in [0.4, 0.5) is 5.95 Å². The fraction of sp³-hybridized carbons (Fsp3) is 0.385. The van der Waals surface area contributed by atoms with Crippen LogP contribution in [0.15, 0.2) is 29.9 Å². The number of Topliss-reactive ketones (excluding diaryl/α,β-unsaturated/α-hetero) is 1. The van der Waals surface area contributed by atoms with E-state index in [4.69, 9.17) is 0 Å². The summed E-state index contributed by atoms with van der Waals surface area (Å²) in [5, 5.41) is 11.7. The number of aryl methyl sites for hydroxylation is 1. The average Bonchev–Trinajstić information content (AvgIpc) is 3.05. The molecule has 2 aromatic heterocycles. The molecule has 1 atom stereocenters. The van der Waals surface area contributed by atoms with E-state index in [1.807, 2.05) is 13.1 Å². The molecule has 1 N–H and O–H groups in total. The third-order valence-corrected chi connectivity index (χ3v) is 3.95. The average molecular weight is 270 g/mol. The Balaban J connectivity index is 1.95. The summed E-state index contributed by atoms with van der Waals surface area (Å²) in [4.78, 5) is 16.6. The van der Waals surface area contributed by atoms with Gasteiger partial charge in [-0.1, -0.05) is 0 Å². The Morgan fingerprint density at radius 1 is 1.35 bits per heavy atom. The molecule has 0 saturated carbocycles. The molecule has 4 rings (SSSR count). The molecular formula is C13H14N6O. The Morgan fingerprint density at radius 2 is 2.25 bits per heavy atom. The van der Waals surface area contributed by atoms with Gasteiger partial charge in [0.25, 0.3) is 0 Å².